The Balaban J connectivity index is 1.77. The van der Waals surface area contributed by atoms with Crippen molar-refractivity contribution in [1.82, 2.24) is 5.43 Å². The van der Waals surface area contributed by atoms with E-state index in [1.165, 1.54) is 0 Å². The Kier molecular flexibility index (Phi) is 6.01. The average Bonchev–Trinajstić information content (AvgIpc) is 2.49. The van der Waals surface area contributed by atoms with Crippen molar-refractivity contribution < 1.29 is 9.53 Å². The number of halogens is 2. The highest BCUT2D eigenvalue weighted by atomic mass is 127. The summed E-state index contributed by atoms with van der Waals surface area (Å²) in [7, 11) is 0. The van der Waals surface area contributed by atoms with E-state index in [-0.39, 0.29) is 12.5 Å². The largest absolute Gasteiger partial charge is 0.484 e. The van der Waals surface area contributed by atoms with Crippen LogP contribution in [0.15, 0.2) is 53.6 Å². The molecule has 0 unspecified atom stereocenters. The fraction of sp³-hybridized carbons (Fsp3) is 0.0667. The zero-order valence-corrected chi connectivity index (χ0v) is 13.8. The van der Waals surface area contributed by atoms with E-state index < -0.39 is 0 Å². The molecule has 108 valence electrons. The van der Waals surface area contributed by atoms with Gasteiger partial charge in [-0.1, -0.05) is 23.7 Å². The highest BCUT2D eigenvalue weighted by molar-refractivity contribution is 14.1. The molecule has 2 aromatic carbocycles. The normalized spacial score (nSPS) is 10.6. The number of amides is 1. The molecule has 4 nitrogen and oxygen atoms in total. The molecular weight excluding hydrogens is 403 g/mol. The van der Waals surface area contributed by atoms with Gasteiger partial charge in [-0.2, -0.15) is 5.10 Å². The average molecular weight is 415 g/mol. The van der Waals surface area contributed by atoms with Crippen molar-refractivity contribution in [3.05, 3.63) is 62.7 Å². The van der Waals surface area contributed by atoms with E-state index in [9.17, 15) is 4.79 Å². The van der Waals surface area contributed by atoms with Crippen LogP contribution in [0.1, 0.15) is 5.56 Å². The van der Waals surface area contributed by atoms with Crippen LogP contribution >= 0.6 is 34.2 Å². The second kappa shape index (κ2) is 7.99. The van der Waals surface area contributed by atoms with Crippen LogP contribution in [-0.2, 0) is 4.79 Å². The van der Waals surface area contributed by atoms with Crippen LogP contribution in [0.2, 0.25) is 5.02 Å². The summed E-state index contributed by atoms with van der Waals surface area (Å²) >= 11 is 7.98. The van der Waals surface area contributed by atoms with Gasteiger partial charge in [0.1, 0.15) is 5.75 Å². The first-order valence-electron chi connectivity index (χ1n) is 6.09. The Morgan fingerprint density at radius 3 is 2.52 bits per heavy atom. The molecule has 0 aromatic heterocycles. The van der Waals surface area contributed by atoms with Crippen LogP contribution in [0.25, 0.3) is 0 Å². The number of benzene rings is 2. The summed E-state index contributed by atoms with van der Waals surface area (Å²) in [6, 6.07) is 14.6. The summed E-state index contributed by atoms with van der Waals surface area (Å²) in [5, 5.41) is 4.50. The third-order valence-electron chi connectivity index (χ3n) is 2.46. The zero-order valence-electron chi connectivity index (χ0n) is 10.9. The fourth-order valence-electron chi connectivity index (χ4n) is 1.44. The molecule has 0 saturated carbocycles. The van der Waals surface area contributed by atoms with E-state index in [4.69, 9.17) is 16.3 Å². The van der Waals surface area contributed by atoms with Crippen LogP contribution in [0.3, 0.4) is 0 Å². The summed E-state index contributed by atoms with van der Waals surface area (Å²) in [6.07, 6.45) is 1.54. The number of ether oxygens (including phenoxy) is 1. The van der Waals surface area contributed by atoms with Gasteiger partial charge in [0, 0.05) is 8.59 Å². The Hall–Kier alpha value is -1.60. The Bertz CT molecular complexity index is 627. The van der Waals surface area contributed by atoms with Crippen molar-refractivity contribution in [3.8, 4) is 5.75 Å². The lowest BCUT2D eigenvalue weighted by Gasteiger charge is -2.04. The maximum Gasteiger partial charge on any atom is 0.277 e. The predicted octanol–water partition coefficient (Wildman–Crippen LogP) is 3.47. The summed E-state index contributed by atoms with van der Waals surface area (Å²) in [6.45, 7) is -0.0848. The molecule has 0 spiro atoms. The summed E-state index contributed by atoms with van der Waals surface area (Å²) in [5.41, 5.74) is 3.24. The second-order valence-corrected chi connectivity index (χ2v) is 5.77. The fourth-order valence-corrected chi connectivity index (χ4v) is 1.93. The highest BCUT2D eigenvalue weighted by Gasteiger charge is 2.01. The molecule has 1 amide bonds. The van der Waals surface area contributed by atoms with Crippen LogP contribution in [-0.4, -0.2) is 18.7 Å². The maximum absolute atomic E-state index is 11.6. The lowest BCUT2D eigenvalue weighted by atomic mass is 10.2. The van der Waals surface area contributed by atoms with Crippen molar-refractivity contribution in [1.29, 1.82) is 0 Å². The molecule has 0 heterocycles. The minimum atomic E-state index is -0.321. The van der Waals surface area contributed by atoms with Crippen molar-refractivity contribution in [3.63, 3.8) is 0 Å². The molecule has 0 bridgehead atoms. The van der Waals surface area contributed by atoms with E-state index in [0.29, 0.717) is 10.8 Å². The minimum Gasteiger partial charge on any atom is -0.484 e. The lowest BCUT2D eigenvalue weighted by Crippen LogP contribution is -2.24. The molecule has 0 saturated heterocycles. The van der Waals surface area contributed by atoms with E-state index in [0.717, 1.165) is 9.13 Å². The molecule has 0 aliphatic carbocycles. The molecule has 0 atom stereocenters. The number of hydrogen-bond acceptors (Lipinski definition) is 3. The quantitative estimate of drug-likeness (QED) is 0.463. The van der Waals surface area contributed by atoms with E-state index in [2.05, 4.69) is 33.1 Å². The van der Waals surface area contributed by atoms with Gasteiger partial charge in [0.2, 0.25) is 0 Å². The van der Waals surface area contributed by atoms with Crippen LogP contribution < -0.4 is 10.2 Å². The van der Waals surface area contributed by atoms with Crippen molar-refractivity contribution in [2.24, 2.45) is 5.10 Å². The molecular formula is C15H12ClIN2O2. The molecule has 6 heteroatoms. The van der Waals surface area contributed by atoms with Crippen molar-refractivity contribution in [2.45, 2.75) is 0 Å². The van der Waals surface area contributed by atoms with E-state index in [1.54, 1.807) is 30.5 Å². The minimum absolute atomic E-state index is 0.0848. The number of hydrazone groups is 1. The maximum atomic E-state index is 11.6. The third-order valence-corrected chi connectivity index (χ3v) is 3.43. The second-order valence-electron chi connectivity index (χ2n) is 4.09. The van der Waals surface area contributed by atoms with Crippen LogP contribution in [0.5, 0.6) is 5.75 Å². The van der Waals surface area contributed by atoms with Crippen LogP contribution in [0.4, 0.5) is 0 Å². The molecule has 0 radical (unpaired) electrons. The number of carbonyl (C=O) groups excluding carboxylic acids is 1. The SMILES string of the molecule is O=C(COc1ccc(I)cc1)N/N=C\c1ccc(Cl)cc1. The summed E-state index contributed by atoms with van der Waals surface area (Å²) < 4.78 is 6.44. The number of hydrogen-bond donors (Lipinski definition) is 1. The van der Waals surface area contributed by atoms with Gasteiger partial charge in [0.25, 0.3) is 5.91 Å². The standard InChI is InChI=1S/C15H12ClIN2O2/c16-12-3-1-11(2-4-12)9-18-19-15(20)10-21-14-7-5-13(17)6-8-14/h1-9H,10H2,(H,19,20)/b18-9-. The lowest BCUT2D eigenvalue weighted by molar-refractivity contribution is -0.123. The molecule has 21 heavy (non-hydrogen) atoms. The number of rotatable bonds is 5. The van der Waals surface area contributed by atoms with Gasteiger partial charge < -0.3 is 4.74 Å². The Morgan fingerprint density at radius 1 is 1.19 bits per heavy atom. The first-order valence-corrected chi connectivity index (χ1v) is 7.55. The first kappa shape index (κ1) is 15.8. The Labute approximate surface area is 141 Å². The zero-order chi connectivity index (χ0) is 15.1. The van der Waals surface area contributed by atoms with Gasteiger partial charge in [0.05, 0.1) is 6.21 Å². The van der Waals surface area contributed by atoms with Gasteiger partial charge in [-0.25, -0.2) is 5.43 Å². The van der Waals surface area contributed by atoms with Gasteiger partial charge in [-0.15, -0.1) is 0 Å². The van der Waals surface area contributed by atoms with E-state index in [1.807, 2.05) is 24.3 Å². The number of nitrogens with zero attached hydrogens (tertiary/aromatic N) is 1. The van der Waals surface area contributed by atoms with Gasteiger partial charge in [0.15, 0.2) is 6.61 Å². The molecule has 0 aliphatic heterocycles. The monoisotopic (exact) mass is 414 g/mol. The number of nitrogens with one attached hydrogen (secondary N) is 1. The smallest absolute Gasteiger partial charge is 0.277 e. The molecule has 2 aromatic rings. The predicted molar refractivity (Wildman–Crippen MR) is 91.8 cm³/mol. The molecule has 0 aliphatic rings. The highest BCUT2D eigenvalue weighted by Crippen LogP contribution is 2.13. The third kappa shape index (κ3) is 5.73. The van der Waals surface area contributed by atoms with Crippen molar-refractivity contribution >= 4 is 46.3 Å². The molecule has 1 N–H and O–H groups in total. The van der Waals surface area contributed by atoms with Gasteiger partial charge in [-0.05, 0) is 64.6 Å². The van der Waals surface area contributed by atoms with Crippen LogP contribution in [0, 0.1) is 3.57 Å². The van der Waals surface area contributed by atoms with Gasteiger partial charge in [-0.3, -0.25) is 4.79 Å². The van der Waals surface area contributed by atoms with Gasteiger partial charge >= 0.3 is 0 Å². The number of carbonyl (C=O) groups is 1. The topological polar surface area (TPSA) is 50.7 Å². The van der Waals surface area contributed by atoms with Crippen molar-refractivity contribution in [2.75, 3.05) is 6.61 Å². The summed E-state index contributed by atoms with van der Waals surface area (Å²) in [4.78, 5) is 11.6. The van der Waals surface area contributed by atoms with E-state index >= 15 is 0 Å². The Morgan fingerprint density at radius 2 is 1.86 bits per heavy atom. The first-order chi connectivity index (χ1) is 10.1. The molecule has 0 fully saturated rings. The summed E-state index contributed by atoms with van der Waals surface area (Å²) in [5.74, 6) is 0.325. The molecule has 2 rings (SSSR count).